The number of hydrogen-bond acceptors (Lipinski definition) is 7. The molecule has 1 heterocycles. The number of carbonyl (C=O) groups is 4. The first-order valence-electron chi connectivity index (χ1n) is 11.1. The van der Waals surface area contributed by atoms with Crippen LogP contribution >= 0.6 is 11.8 Å². The SMILES string of the molecule is CC(=O)SCC(C)C(=O)N1CCC[C@H]1C(=O)N[C@@H](Cc1ccc(O)cc1)C(=O)OC(C)(C)C. The minimum atomic E-state index is -0.940. The summed E-state index contributed by atoms with van der Waals surface area (Å²) >= 11 is 1.09. The number of phenols is 1. The van der Waals surface area contributed by atoms with Crippen molar-refractivity contribution in [1.29, 1.82) is 0 Å². The van der Waals surface area contributed by atoms with Gasteiger partial charge in [-0.2, -0.15) is 0 Å². The predicted molar refractivity (Wildman–Crippen MR) is 127 cm³/mol. The molecular weight excluding hydrogens is 444 g/mol. The highest BCUT2D eigenvalue weighted by atomic mass is 32.2. The summed E-state index contributed by atoms with van der Waals surface area (Å²) in [6.07, 6.45) is 1.38. The van der Waals surface area contributed by atoms with E-state index >= 15 is 0 Å². The van der Waals surface area contributed by atoms with Crippen LogP contribution in [0.15, 0.2) is 24.3 Å². The van der Waals surface area contributed by atoms with Gasteiger partial charge in [0.25, 0.3) is 0 Å². The van der Waals surface area contributed by atoms with Gasteiger partial charge in [-0.05, 0) is 51.3 Å². The third-order valence-corrected chi connectivity index (χ3v) is 6.25. The molecule has 1 aliphatic rings. The molecule has 8 nitrogen and oxygen atoms in total. The Morgan fingerprint density at radius 2 is 1.85 bits per heavy atom. The number of phenolic OH excluding ortho intramolecular Hbond substituents is 1. The fourth-order valence-corrected chi connectivity index (χ4v) is 4.23. The van der Waals surface area contributed by atoms with E-state index in [1.165, 1.54) is 19.1 Å². The van der Waals surface area contributed by atoms with Crippen molar-refractivity contribution in [2.75, 3.05) is 12.3 Å². The number of carbonyl (C=O) groups excluding carboxylic acids is 4. The van der Waals surface area contributed by atoms with Crippen molar-refractivity contribution in [2.24, 2.45) is 5.92 Å². The van der Waals surface area contributed by atoms with Crippen LogP contribution in [0, 0.1) is 5.92 Å². The Balaban J connectivity index is 2.13. The van der Waals surface area contributed by atoms with Gasteiger partial charge in [0.15, 0.2) is 5.12 Å². The van der Waals surface area contributed by atoms with Crippen molar-refractivity contribution in [1.82, 2.24) is 10.2 Å². The maximum atomic E-state index is 13.2. The first-order chi connectivity index (χ1) is 15.4. The maximum Gasteiger partial charge on any atom is 0.329 e. The molecular formula is C24H34N2O6S. The second kappa shape index (κ2) is 11.5. The van der Waals surface area contributed by atoms with Crippen LogP contribution in [0.25, 0.3) is 0 Å². The average Bonchev–Trinajstić information content (AvgIpc) is 3.21. The molecule has 3 atom stereocenters. The third-order valence-electron chi connectivity index (χ3n) is 5.18. The summed E-state index contributed by atoms with van der Waals surface area (Å²) in [7, 11) is 0. The molecule has 1 aromatic rings. The lowest BCUT2D eigenvalue weighted by molar-refractivity contribution is -0.159. The van der Waals surface area contributed by atoms with Gasteiger partial charge in [-0.3, -0.25) is 14.4 Å². The van der Waals surface area contributed by atoms with Crippen LogP contribution in [-0.4, -0.2) is 62.9 Å². The Morgan fingerprint density at radius 3 is 2.42 bits per heavy atom. The Bertz CT molecular complexity index is 865. The topological polar surface area (TPSA) is 113 Å². The smallest absolute Gasteiger partial charge is 0.329 e. The Kier molecular flexibility index (Phi) is 9.34. The summed E-state index contributed by atoms with van der Waals surface area (Å²) in [5.74, 6) is -1.07. The number of thioether (sulfide) groups is 1. The number of aromatic hydroxyl groups is 1. The molecule has 0 aromatic heterocycles. The highest BCUT2D eigenvalue weighted by Crippen LogP contribution is 2.23. The van der Waals surface area contributed by atoms with E-state index in [2.05, 4.69) is 5.32 Å². The molecule has 0 spiro atoms. The first kappa shape index (κ1) is 26.7. The molecule has 9 heteroatoms. The summed E-state index contributed by atoms with van der Waals surface area (Å²) in [5.41, 5.74) is 0.0203. The van der Waals surface area contributed by atoms with Crippen LogP contribution in [-0.2, 0) is 30.3 Å². The van der Waals surface area contributed by atoms with Crippen LogP contribution in [0.5, 0.6) is 5.75 Å². The number of benzene rings is 1. The monoisotopic (exact) mass is 478 g/mol. The van der Waals surface area contributed by atoms with Crippen molar-refractivity contribution in [3.63, 3.8) is 0 Å². The van der Waals surface area contributed by atoms with Gasteiger partial charge in [-0.25, -0.2) is 4.79 Å². The average molecular weight is 479 g/mol. The van der Waals surface area contributed by atoms with Crippen LogP contribution in [0.1, 0.15) is 53.0 Å². The second-order valence-corrected chi connectivity index (χ2v) is 10.6. The molecule has 182 valence electrons. The second-order valence-electron chi connectivity index (χ2n) is 9.36. The summed E-state index contributed by atoms with van der Waals surface area (Å²) in [4.78, 5) is 51.7. The zero-order chi connectivity index (χ0) is 24.8. The number of amides is 2. The summed E-state index contributed by atoms with van der Waals surface area (Å²) in [6, 6.07) is 4.77. The Hall–Kier alpha value is -2.55. The van der Waals surface area contributed by atoms with Gasteiger partial charge < -0.3 is 20.1 Å². The molecule has 1 aromatic carbocycles. The normalized spacial score (nSPS) is 17.8. The lowest BCUT2D eigenvalue weighted by atomic mass is 10.0. The number of likely N-dealkylation sites (tertiary alicyclic amines) is 1. The van der Waals surface area contributed by atoms with E-state index in [1.807, 2.05) is 0 Å². The largest absolute Gasteiger partial charge is 0.508 e. The lowest BCUT2D eigenvalue weighted by Gasteiger charge is -2.29. The van der Waals surface area contributed by atoms with E-state index < -0.39 is 35.5 Å². The van der Waals surface area contributed by atoms with E-state index in [0.717, 1.165) is 17.3 Å². The van der Waals surface area contributed by atoms with Gasteiger partial charge in [0.05, 0.1) is 0 Å². The fraction of sp³-hybridized carbons (Fsp3) is 0.583. The standard InChI is InChI=1S/C24H34N2O6S/c1-15(14-33-16(2)27)22(30)26-12-6-7-20(26)21(29)25-19(23(31)32-24(3,4)5)13-17-8-10-18(28)11-9-17/h8-11,15,19-20,28H,6-7,12-14H2,1-5H3,(H,25,29)/t15?,19-,20-/m0/s1. The number of hydrogen-bond donors (Lipinski definition) is 2. The van der Waals surface area contributed by atoms with Gasteiger partial charge in [0, 0.05) is 31.6 Å². The summed E-state index contributed by atoms with van der Waals surface area (Å²) in [6.45, 7) is 8.92. The fourth-order valence-electron chi connectivity index (χ4n) is 3.60. The van der Waals surface area contributed by atoms with Gasteiger partial charge in [-0.15, -0.1) is 0 Å². The lowest BCUT2D eigenvalue weighted by Crippen LogP contribution is -2.53. The van der Waals surface area contributed by atoms with Crippen LogP contribution in [0.2, 0.25) is 0 Å². The zero-order valence-corrected chi connectivity index (χ0v) is 20.7. The highest BCUT2D eigenvalue weighted by molar-refractivity contribution is 8.13. The van der Waals surface area contributed by atoms with Crippen molar-refractivity contribution >= 4 is 34.7 Å². The molecule has 2 amide bonds. The maximum absolute atomic E-state index is 13.2. The van der Waals surface area contributed by atoms with E-state index in [4.69, 9.17) is 4.74 Å². The Labute approximate surface area is 199 Å². The minimum absolute atomic E-state index is 0.0557. The first-order valence-corrected chi connectivity index (χ1v) is 12.1. The molecule has 33 heavy (non-hydrogen) atoms. The predicted octanol–water partition coefficient (Wildman–Crippen LogP) is 2.67. The molecule has 0 aliphatic carbocycles. The zero-order valence-electron chi connectivity index (χ0n) is 19.9. The van der Waals surface area contributed by atoms with Crippen molar-refractivity contribution in [3.05, 3.63) is 29.8 Å². The van der Waals surface area contributed by atoms with Crippen LogP contribution in [0.3, 0.4) is 0 Å². The van der Waals surface area contributed by atoms with Crippen LogP contribution < -0.4 is 5.32 Å². The molecule has 2 rings (SSSR count). The van der Waals surface area contributed by atoms with Crippen molar-refractivity contribution < 1.29 is 29.0 Å². The van der Waals surface area contributed by atoms with Crippen molar-refractivity contribution in [3.8, 4) is 5.75 Å². The highest BCUT2D eigenvalue weighted by Gasteiger charge is 2.38. The number of nitrogens with one attached hydrogen (secondary N) is 1. The van der Waals surface area contributed by atoms with E-state index in [0.29, 0.717) is 25.1 Å². The van der Waals surface area contributed by atoms with E-state index in [9.17, 15) is 24.3 Å². The molecule has 1 fully saturated rings. The number of esters is 1. The van der Waals surface area contributed by atoms with Gasteiger partial charge in [-0.1, -0.05) is 30.8 Å². The minimum Gasteiger partial charge on any atom is -0.508 e. The molecule has 0 bridgehead atoms. The molecule has 1 aliphatic heterocycles. The molecule has 0 radical (unpaired) electrons. The summed E-state index contributed by atoms with van der Waals surface area (Å²) < 4.78 is 5.51. The third kappa shape index (κ3) is 8.38. The molecule has 1 unspecified atom stereocenters. The van der Waals surface area contributed by atoms with Crippen molar-refractivity contribution in [2.45, 2.75) is 71.6 Å². The molecule has 2 N–H and O–H groups in total. The Morgan fingerprint density at radius 1 is 1.21 bits per heavy atom. The summed E-state index contributed by atoms with van der Waals surface area (Å²) in [5, 5.41) is 12.3. The number of rotatable bonds is 8. The number of nitrogens with zero attached hydrogens (tertiary/aromatic N) is 1. The molecule has 0 saturated carbocycles. The van der Waals surface area contributed by atoms with E-state index in [1.54, 1.807) is 44.7 Å². The van der Waals surface area contributed by atoms with Gasteiger partial charge in [0.1, 0.15) is 23.4 Å². The van der Waals surface area contributed by atoms with Crippen LogP contribution in [0.4, 0.5) is 0 Å². The molecule has 1 saturated heterocycles. The van der Waals surface area contributed by atoms with Gasteiger partial charge in [0.2, 0.25) is 11.8 Å². The number of ether oxygens (including phenoxy) is 1. The van der Waals surface area contributed by atoms with Gasteiger partial charge >= 0.3 is 5.97 Å². The quantitative estimate of drug-likeness (QED) is 0.552. The van der Waals surface area contributed by atoms with E-state index in [-0.39, 0.29) is 23.2 Å².